The van der Waals surface area contributed by atoms with E-state index in [9.17, 15) is 23.5 Å². The first-order chi connectivity index (χ1) is 3.71. The molecule has 0 N–H and O–H groups in total. The number of halogens is 1. The first-order valence-electron chi connectivity index (χ1n) is 1.33. The zero-order valence-corrected chi connectivity index (χ0v) is 14.4. The molecule has 0 atom stereocenters. The minimum absolute atomic E-state index is 0. The van der Waals surface area contributed by atoms with Crippen LogP contribution in [0.3, 0.4) is 0 Å². The molecular formula is CaClCr2KO7. The van der Waals surface area contributed by atoms with Crippen molar-refractivity contribution < 1.29 is 117 Å². The van der Waals surface area contributed by atoms with Crippen molar-refractivity contribution in [2.24, 2.45) is 0 Å². The van der Waals surface area contributed by atoms with Crippen molar-refractivity contribution in [1.29, 1.82) is 0 Å². The molecule has 64 valence electrons. The quantitative estimate of drug-likeness (QED) is 0.460. The summed E-state index contributed by atoms with van der Waals surface area (Å²) in [6.45, 7) is 0. The van der Waals surface area contributed by atoms with E-state index in [1.165, 1.54) is 0 Å². The van der Waals surface area contributed by atoms with Gasteiger partial charge in [0.15, 0.2) is 0 Å². The summed E-state index contributed by atoms with van der Waals surface area (Å²) in [5.41, 5.74) is 0. The molecule has 0 saturated heterocycles. The summed E-state index contributed by atoms with van der Waals surface area (Å²) >= 11 is -12.1. The van der Waals surface area contributed by atoms with Gasteiger partial charge in [0.2, 0.25) is 0 Å². The summed E-state index contributed by atoms with van der Waals surface area (Å²) < 4.78 is 58.9. The van der Waals surface area contributed by atoms with E-state index in [2.05, 4.69) is 2.84 Å². The Hall–Kier alpha value is 3.33. The molecule has 0 unspecified atom stereocenters. The van der Waals surface area contributed by atoms with Crippen LogP contribution in [-0.2, 0) is 45.3 Å². The third-order valence-corrected chi connectivity index (χ3v) is 2.83. The summed E-state index contributed by atoms with van der Waals surface area (Å²) in [5, 5.41) is 0. The summed E-state index contributed by atoms with van der Waals surface area (Å²) in [6.07, 6.45) is 0. The fraction of sp³-hybridized carbons (Fsp3) is 0. The molecule has 0 radical (unpaired) electrons. The van der Waals surface area contributed by atoms with E-state index in [0.717, 1.165) is 0 Å². The van der Waals surface area contributed by atoms with Crippen LogP contribution < -0.4 is 72.1 Å². The molecule has 0 heterocycles. The van der Waals surface area contributed by atoms with Crippen LogP contribution in [0.25, 0.3) is 0 Å². The van der Waals surface area contributed by atoms with Crippen LogP contribution in [0.5, 0.6) is 0 Å². The van der Waals surface area contributed by atoms with Gasteiger partial charge in [-0.2, -0.15) is 0 Å². The van der Waals surface area contributed by atoms with Crippen LogP contribution in [0.15, 0.2) is 0 Å². The van der Waals surface area contributed by atoms with E-state index < -0.39 is 27.2 Å². The van der Waals surface area contributed by atoms with E-state index in [1.807, 2.05) is 0 Å². The van der Waals surface area contributed by atoms with E-state index in [-0.39, 0.29) is 102 Å². The molecule has 0 aliphatic heterocycles. The Morgan fingerprint density at radius 1 is 0.917 bits per heavy atom. The van der Waals surface area contributed by atoms with Gasteiger partial charge in [-0.05, 0) is 0 Å². The molecule has 0 aromatic carbocycles. The third kappa shape index (κ3) is 23.3. The Bertz CT molecular complexity index is 247. The van der Waals surface area contributed by atoms with Crippen LogP contribution in [0.2, 0.25) is 0 Å². The van der Waals surface area contributed by atoms with E-state index in [0.29, 0.717) is 0 Å². The van der Waals surface area contributed by atoms with Gasteiger partial charge in [-0.3, -0.25) is 0 Å². The maximum atomic E-state index is 9.38. The molecule has 0 rings (SSSR count). The molecule has 0 amide bonds. The molecule has 0 fully saturated rings. The monoisotopic (exact) mass is 330 g/mol. The Morgan fingerprint density at radius 2 is 1.08 bits per heavy atom. The van der Waals surface area contributed by atoms with Crippen molar-refractivity contribution in [3.8, 4) is 0 Å². The minimum atomic E-state index is -6.07. The molecule has 12 heavy (non-hydrogen) atoms. The van der Waals surface area contributed by atoms with Gasteiger partial charge in [0.1, 0.15) is 0 Å². The fourth-order valence-electron chi connectivity index (χ4n) is 0.102. The van der Waals surface area contributed by atoms with Gasteiger partial charge >= 0.3 is 143 Å². The van der Waals surface area contributed by atoms with E-state index >= 15 is 0 Å². The van der Waals surface area contributed by atoms with E-state index in [4.69, 9.17) is 0 Å². The molecule has 0 spiro atoms. The summed E-state index contributed by atoms with van der Waals surface area (Å²) in [7, 11) is 0. The number of hydrogen-bond donors (Lipinski definition) is 0. The molecule has 7 nitrogen and oxygen atoms in total. The van der Waals surface area contributed by atoms with Crippen molar-refractivity contribution in [3.05, 3.63) is 0 Å². The Balaban J connectivity index is -0.000000107. The van der Waals surface area contributed by atoms with Crippen molar-refractivity contribution in [2.45, 2.75) is 0 Å². The van der Waals surface area contributed by atoms with Gasteiger partial charge in [0.05, 0.1) is 0 Å². The predicted molar refractivity (Wildman–Crippen MR) is 9.59 cm³/mol. The van der Waals surface area contributed by atoms with Crippen LogP contribution in [-0.4, -0.2) is 37.7 Å². The average Bonchev–Trinajstić information content (AvgIpc) is 1.14. The molecule has 0 saturated carbocycles. The molecule has 12 heteroatoms. The first-order valence-corrected chi connectivity index (χ1v) is 5.50. The Morgan fingerprint density at radius 3 is 1.08 bits per heavy atom. The maximum absolute atomic E-state index is 9.38. The SMILES string of the molecule is [Ca+2].[Cl-].[K+].[O]=[Cr](=[O])([O-])[O][Cr](=[O])(=[O])[O-]. The molecule has 0 bridgehead atoms. The van der Waals surface area contributed by atoms with E-state index in [1.54, 1.807) is 0 Å². The average molecular weight is 331 g/mol. The van der Waals surface area contributed by atoms with Gasteiger partial charge in [0, 0.05) is 0 Å². The van der Waals surface area contributed by atoms with Gasteiger partial charge in [-0.1, -0.05) is 0 Å². The Kier molecular flexibility index (Phi) is 19.5. The van der Waals surface area contributed by atoms with Crippen molar-refractivity contribution in [1.82, 2.24) is 0 Å². The number of hydrogen-bond acceptors (Lipinski definition) is 7. The zero-order chi connectivity index (χ0) is 7.71. The summed E-state index contributed by atoms with van der Waals surface area (Å²) in [6, 6.07) is 0. The van der Waals surface area contributed by atoms with Crippen LogP contribution in [0.1, 0.15) is 0 Å². The second-order valence-corrected chi connectivity index (χ2v) is 4.52. The van der Waals surface area contributed by atoms with Crippen molar-refractivity contribution in [3.63, 3.8) is 0 Å². The normalized spacial score (nSPS) is 10.2. The molecule has 0 aromatic rings. The van der Waals surface area contributed by atoms with Crippen LogP contribution in [0, 0.1) is 0 Å². The van der Waals surface area contributed by atoms with Crippen LogP contribution >= 0.6 is 0 Å². The van der Waals surface area contributed by atoms with Crippen molar-refractivity contribution in [2.75, 3.05) is 0 Å². The van der Waals surface area contributed by atoms with Gasteiger partial charge in [-0.15, -0.1) is 0 Å². The predicted octanol–water partition coefficient (Wildman–Crippen LogP) is -9.30. The molecule has 0 aliphatic carbocycles. The van der Waals surface area contributed by atoms with Crippen LogP contribution in [0.4, 0.5) is 0 Å². The molecule has 0 aromatic heterocycles. The molecule has 0 aliphatic rings. The fourth-order valence-corrected chi connectivity index (χ4v) is 1.74. The number of rotatable bonds is 2. The second-order valence-electron chi connectivity index (χ2n) is 0.885. The second kappa shape index (κ2) is 9.55. The molecular weight excluding hydrogens is 331 g/mol. The standard InChI is InChI=1S/Ca.ClH.2Cr.K.7O/h;1H;;;;;;;;;;/q+2;;;;+1;;;;;;2*-1/p-1. The topological polar surface area (TPSA) is 124 Å². The zero-order valence-electron chi connectivity index (χ0n) is 5.76. The van der Waals surface area contributed by atoms with Gasteiger partial charge < -0.3 is 12.4 Å². The summed E-state index contributed by atoms with van der Waals surface area (Å²) in [4.78, 5) is 0. The third-order valence-electron chi connectivity index (χ3n) is 0.167. The first kappa shape index (κ1) is 24.5. The van der Waals surface area contributed by atoms with Crippen molar-refractivity contribution >= 4 is 37.7 Å². The van der Waals surface area contributed by atoms with Gasteiger partial charge in [0.25, 0.3) is 0 Å². The Labute approximate surface area is 151 Å². The van der Waals surface area contributed by atoms with Gasteiger partial charge in [-0.25, -0.2) is 0 Å². The summed E-state index contributed by atoms with van der Waals surface area (Å²) in [5.74, 6) is 0.